The average molecular weight is 1290 g/mol. The summed E-state index contributed by atoms with van der Waals surface area (Å²) in [5, 5.41) is 25.2. The van der Waals surface area contributed by atoms with Crippen LogP contribution in [0.3, 0.4) is 0 Å². The van der Waals surface area contributed by atoms with Gasteiger partial charge in [-0.25, -0.2) is 33.9 Å². The van der Waals surface area contributed by atoms with Crippen LogP contribution in [0.5, 0.6) is 11.5 Å². The molecule has 6 aromatic rings. The fourth-order valence-corrected chi connectivity index (χ4v) is 10.9. The summed E-state index contributed by atoms with van der Waals surface area (Å²) in [6.45, 7) is 29.8. The molecule has 0 aliphatic carbocycles. The van der Waals surface area contributed by atoms with Crippen molar-refractivity contribution in [1.29, 1.82) is 0 Å². The first-order chi connectivity index (χ1) is 43.5. The van der Waals surface area contributed by atoms with Gasteiger partial charge in [0.15, 0.2) is 11.6 Å². The number of carboxylic acid groups (broad SMARTS) is 1. The molecule has 91 heavy (non-hydrogen) atoms. The maximum Gasteiger partial charge on any atom is 0.415 e. The van der Waals surface area contributed by atoms with E-state index in [1.54, 1.807) is 79.6 Å². The molecule has 2 saturated heterocycles. The van der Waals surface area contributed by atoms with Crippen molar-refractivity contribution in [2.75, 3.05) is 96.1 Å². The zero-order valence-electron chi connectivity index (χ0n) is 54.6. The van der Waals surface area contributed by atoms with Gasteiger partial charge in [-0.15, -0.1) is 0 Å². The van der Waals surface area contributed by atoms with Gasteiger partial charge in [-0.2, -0.15) is 32.6 Å². The molecule has 2 fully saturated rings. The molecule has 2 aliphatic heterocycles. The molecule has 23 nitrogen and oxygen atoms in total. The molecule has 0 radical (unpaired) electrons. The predicted molar refractivity (Wildman–Crippen MR) is 359 cm³/mol. The number of aromatic carboxylic acids is 1. The molecule has 0 bridgehead atoms. The molecule has 492 valence electrons. The Balaban J connectivity index is 0.000000260. The van der Waals surface area contributed by atoms with Crippen molar-refractivity contribution in [3.05, 3.63) is 117 Å². The number of thiophene rings is 2. The summed E-state index contributed by atoms with van der Waals surface area (Å²) in [6.07, 6.45) is 7.27. The Morgan fingerprint density at radius 3 is 1.36 bits per heavy atom. The Labute approximate surface area is 542 Å². The fourth-order valence-electron chi connectivity index (χ4n) is 9.59. The number of hydrogen-bond donors (Lipinski definition) is 4. The summed E-state index contributed by atoms with van der Waals surface area (Å²) in [5.74, 6) is 0.982. The Bertz CT molecular complexity index is 3270. The van der Waals surface area contributed by atoms with Gasteiger partial charge in [-0.3, -0.25) is 4.79 Å². The van der Waals surface area contributed by atoms with E-state index in [9.17, 15) is 28.8 Å². The van der Waals surface area contributed by atoms with Gasteiger partial charge in [0.05, 0.1) is 29.2 Å². The van der Waals surface area contributed by atoms with Crippen LogP contribution < -0.4 is 40.1 Å². The molecule has 2 atom stereocenters. The van der Waals surface area contributed by atoms with Crippen LogP contribution in [0.25, 0.3) is 0 Å². The summed E-state index contributed by atoms with van der Waals surface area (Å²) in [4.78, 5) is 103. The number of esters is 2. The number of likely N-dealkylation sites (tertiary alicyclic amines) is 2. The van der Waals surface area contributed by atoms with E-state index in [1.165, 1.54) is 22.7 Å². The van der Waals surface area contributed by atoms with Crippen LogP contribution in [0.1, 0.15) is 141 Å². The van der Waals surface area contributed by atoms with Gasteiger partial charge >= 0.3 is 30.1 Å². The maximum atomic E-state index is 13.6. The molecule has 25 heteroatoms. The van der Waals surface area contributed by atoms with Crippen molar-refractivity contribution < 1.29 is 52.8 Å². The van der Waals surface area contributed by atoms with E-state index in [1.807, 2.05) is 123 Å². The van der Waals surface area contributed by atoms with Crippen molar-refractivity contribution in [3.8, 4) is 11.5 Å². The minimum absolute atomic E-state index is 0.186. The lowest BCUT2D eigenvalue weighted by atomic mass is 10.0. The summed E-state index contributed by atoms with van der Waals surface area (Å²) in [7, 11) is 0. The third-order valence-corrected chi connectivity index (χ3v) is 15.6. The van der Waals surface area contributed by atoms with Crippen molar-refractivity contribution in [1.82, 2.24) is 29.7 Å². The fraction of sp³-hybridized carbons (Fsp3) is 0.485. The van der Waals surface area contributed by atoms with E-state index in [0.717, 1.165) is 63.0 Å². The standard InChI is InChI=1S/C33H44N6O5S.C28H42N6O4.C5H4O2S/c1-7-37(8-2)31-34-21-27(39(9-3)29(40)24-16-19-45-22-24)28(36-31)35-26(30(41)44-33(4,5)6)20-23-12-14-25(15-13-23)43-32(42)38-17-10-11-18-38;1-7-29-23-19-30-26(33(8-2)9-3)32-24(23)31-22(25(35)38-28(4,5)6)18-20-12-14-21(15-13-20)37-27(36)34-16-10-11-17-34;6-5(7)4-1-2-8-3-4/h12-16,19,21-22,26H,7-11,17-18,20H2,1-6H3,(H,34,35,36);12-15,19,22,29H,7-11,16-18H2,1-6H3,(H,30,31,32);1-3H,(H,6,7)/t26-;22-;/m11./s1. The van der Waals surface area contributed by atoms with Crippen LogP contribution in [0.4, 0.5) is 44.5 Å². The molecule has 2 aromatic carbocycles. The van der Waals surface area contributed by atoms with Gasteiger partial charge in [-0.1, -0.05) is 24.3 Å². The van der Waals surface area contributed by atoms with Crippen LogP contribution in [0.2, 0.25) is 0 Å². The Morgan fingerprint density at radius 2 is 0.989 bits per heavy atom. The second-order valence-electron chi connectivity index (χ2n) is 23.4. The summed E-state index contributed by atoms with van der Waals surface area (Å²) in [5.41, 5.74) is 2.44. The Morgan fingerprint density at radius 1 is 0.571 bits per heavy atom. The number of nitrogens with zero attached hydrogens (tertiary/aromatic N) is 9. The number of carbonyl (C=O) groups is 6. The number of anilines is 6. The monoisotopic (exact) mass is 1290 g/mol. The molecular formula is C66H90N12O11S2. The zero-order chi connectivity index (χ0) is 66.3. The average Bonchev–Trinajstić information content (AvgIpc) is 0.999. The number of nitrogens with one attached hydrogen (secondary N) is 3. The van der Waals surface area contributed by atoms with E-state index in [-0.39, 0.29) is 30.5 Å². The largest absolute Gasteiger partial charge is 0.478 e. The minimum atomic E-state index is -0.855. The molecule has 0 unspecified atom stereocenters. The normalized spacial score (nSPS) is 13.5. The van der Waals surface area contributed by atoms with Crippen LogP contribution in [0.15, 0.2) is 94.6 Å². The van der Waals surface area contributed by atoms with Crippen LogP contribution in [-0.4, -0.2) is 160 Å². The molecule has 6 heterocycles. The molecular weight excluding hydrogens is 1200 g/mol. The minimum Gasteiger partial charge on any atom is -0.478 e. The van der Waals surface area contributed by atoms with E-state index in [0.29, 0.717) is 103 Å². The van der Waals surface area contributed by atoms with Crippen LogP contribution in [-0.2, 0) is 31.9 Å². The molecule has 0 saturated carbocycles. The second kappa shape index (κ2) is 34.6. The first-order valence-electron chi connectivity index (χ1n) is 31.1. The van der Waals surface area contributed by atoms with Crippen molar-refractivity contribution in [2.45, 2.75) is 145 Å². The molecule has 3 amide bonds. The highest BCUT2D eigenvalue weighted by molar-refractivity contribution is 7.08. The molecule has 4 aromatic heterocycles. The molecule has 0 spiro atoms. The van der Waals surface area contributed by atoms with Gasteiger partial charge in [-0.05, 0) is 167 Å². The van der Waals surface area contributed by atoms with Crippen molar-refractivity contribution in [3.63, 3.8) is 0 Å². The maximum absolute atomic E-state index is 13.6. The van der Waals surface area contributed by atoms with Gasteiger partial charge in [0.1, 0.15) is 40.5 Å². The van der Waals surface area contributed by atoms with E-state index < -0.39 is 35.2 Å². The first kappa shape index (κ1) is 71.5. The van der Waals surface area contributed by atoms with Crippen molar-refractivity contribution in [2.24, 2.45) is 0 Å². The number of carboxylic acids is 1. The van der Waals surface area contributed by atoms with E-state index in [4.69, 9.17) is 34.0 Å². The topological polar surface area (TPSA) is 263 Å². The number of carbonyl (C=O) groups excluding carboxylic acids is 5. The lowest BCUT2D eigenvalue weighted by Crippen LogP contribution is -2.39. The lowest BCUT2D eigenvalue weighted by molar-refractivity contribution is -0.156. The van der Waals surface area contributed by atoms with Crippen LogP contribution in [0, 0.1) is 0 Å². The van der Waals surface area contributed by atoms with Crippen LogP contribution >= 0.6 is 22.7 Å². The number of amides is 3. The number of ether oxygens (including phenoxy) is 4. The number of aromatic nitrogens is 4. The van der Waals surface area contributed by atoms with Gasteiger partial charge in [0.25, 0.3) is 5.91 Å². The quantitative estimate of drug-likeness (QED) is 0.0410. The summed E-state index contributed by atoms with van der Waals surface area (Å²) in [6, 6.07) is 16.1. The second-order valence-corrected chi connectivity index (χ2v) is 24.9. The SMILES string of the molecule is CCN(CC)c1ncc(N(CC)C(=O)c2ccsc2)c(N[C@H](Cc2ccc(OC(=O)N3CCCC3)cc2)C(=O)OC(C)(C)C)n1.CCNc1cnc(N(CC)CC)nc1N[C@H](Cc1ccc(OC(=O)N2CCCC2)cc1)C(=O)OC(C)(C)C.O=C(O)c1ccsc1. The number of hydrogen-bond acceptors (Lipinski definition) is 21. The highest BCUT2D eigenvalue weighted by atomic mass is 32.1. The van der Waals surface area contributed by atoms with Gasteiger partial charge in [0, 0.05) is 89.0 Å². The number of rotatable bonds is 24. The third kappa shape index (κ3) is 22.1. The summed E-state index contributed by atoms with van der Waals surface area (Å²) < 4.78 is 22.6. The van der Waals surface area contributed by atoms with Gasteiger partial charge in [0.2, 0.25) is 11.9 Å². The Kier molecular flexibility index (Phi) is 27.2. The predicted octanol–water partition coefficient (Wildman–Crippen LogP) is 12.2. The van der Waals surface area contributed by atoms with Crippen molar-refractivity contribution >= 4 is 93.6 Å². The molecule has 8 rings (SSSR count). The molecule has 2 aliphatic rings. The first-order valence-corrected chi connectivity index (χ1v) is 33.0. The summed E-state index contributed by atoms with van der Waals surface area (Å²) >= 11 is 2.83. The Hall–Kier alpha value is -8.58. The van der Waals surface area contributed by atoms with E-state index in [2.05, 4.69) is 25.9 Å². The lowest BCUT2D eigenvalue weighted by Gasteiger charge is -2.28. The highest BCUT2D eigenvalue weighted by Crippen LogP contribution is 2.31. The smallest absolute Gasteiger partial charge is 0.415 e. The highest BCUT2D eigenvalue weighted by Gasteiger charge is 2.31. The van der Waals surface area contributed by atoms with E-state index >= 15 is 0 Å². The zero-order valence-corrected chi connectivity index (χ0v) is 56.2. The molecule has 4 N–H and O–H groups in total. The number of benzene rings is 2. The third-order valence-electron chi connectivity index (χ3n) is 14.3. The van der Waals surface area contributed by atoms with Gasteiger partial charge < -0.3 is 64.5 Å².